The third-order valence-electron chi connectivity index (χ3n) is 3.26. The summed E-state index contributed by atoms with van der Waals surface area (Å²) in [6.45, 7) is 0.653. The third-order valence-corrected chi connectivity index (χ3v) is 4.27. The topological polar surface area (TPSA) is 39.9 Å². The highest BCUT2D eigenvalue weighted by Crippen LogP contribution is 2.23. The van der Waals surface area contributed by atoms with E-state index in [1.165, 1.54) is 0 Å². The second kappa shape index (κ2) is 6.03. The zero-order chi connectivity index (χ0) is 14.8. The van der Waals surface area contributed by atoms with Crippen LogP contribution >= 0.6 is 27.5 Å². The van der Waals surface area contributed by atoms with Gasteiger partial charge in [-0.2, -0.15) is 4.98 Å². The molecule has 108 valence electrons. The minimum absolute atomic E-state index is 0.336. The van der Waals surface area contributed by atoms with Crippen molar-refractivity contribution < 1.29 is 4.74 Å². The first kappa shape index (κ1) is 14.4. The van der Waals surface area contributed by atoms with Crippen molar-refractivity contribution in [3.05, 3.63) is 52.3 Å². The second-order valence-corrected chi connectivity index (χ2v) is 5.66. The van der Waals surface area contributed by atoms with Gasteiger partial charge in [0.25, 0.3) is 0 Å². The molecule has 0 aliphatic heterocycles. The molecule has 0 atom stereocenters. The van der Waals surface area contributed by atoms with Crippen LogP contribution in [0.2, 0.25) is 0 Å². The molecule has 6 heteroatoms. The number of methoxy groups -OCH3 is 1. The van der Waals surface area contributed by atoms with Crippen LogP contribution in [-0.4, -0.2) is 21.6 Å². The Labute approximate surface area is 135 Å². The number of rotatable bonds is 4. The lowest BCUT2D eigenvalue weighted by molar-refractivity contribution is 0.399. The van der Waals surface area contributed by atoms with Crippen LogP contribution < -0.4 is 4.74 Å². The quantitative estimate of drug-likeness (QED) is 0.656. The van der Waals surface area contributed by atoms with Crippen LogP contribution in [0.5, 0.6) is 5.88 Å². The van der Waals surface area contributed by atoms with Crippen molar-refractivity contribution in [1.29, 1.82) is 0 Å². The zero-order valence-electron chi connectivity index (χ0n) is 11.4. The number of halogens is 2. The first-order valence-corrected chi connectivity index (χ1v) is 7.75. The molecule has 0 amide bonds. The maximum atomic E-state index is 6.03. The SMILES string of the molecule is COc1ccc2nc(CCl)n(Cc3ccccc3Br)c2n1. The van der Waals surface area contributed by atoms with Gasteiger partial charge in [0.05, 0.1) is 19.5 Å². The van der Waals surface area contributed by atoms with E-state index in [9.17, 15) is 0 Å². The molecule has 0 spiro atoms. The van der Waals surface area contributed by atoms with Gasteiger partial charge in [-0.3, -0.25) is 0 Å². The van der Waals surface area contributed by atoms with Crippen molar-refractivity contribution in [2.24, 2.45) is 0 Å². The highest BCUT2D eigenvalue weighted by molar-refractivity contribution is 9.10. The Morgan fingerprint density at radius 1 is 1.19 bits per heavy atom. The number of aromatic nitrogens is 3. The molecule has 0 unspecified atom stereocenters. The van der Waals surface area contributed by atoms with Crippen LogP contribution in [0.15, 0.2) is 40.9 Å². The van der Waals surface area contributed by atoms with Gasteiger partial charge in [0.2, 0.25) is 5.88 Å². The molecule has 0 aliphatic carbocycles. The molecule has 0 N–H and O–H groups in total. The number of pyridine rings is 1. The molecule has 0 saturated carbocycles. The van der Waals surface area contributed by atoms with Gasteiger partial charge in [-0.15, -0.1) is 11.6 Å². The van der Waals surface area contributed by atoms with Gasteiger partial charge in [-0.05, 0) is 17.7 Å². The summed E-state index contributed by atoms with van der Waals surface area (Å²) in [6, 6.07) is 11.8. The Bertz CT molecular complexity index is 788. The molecule has 0 fully saturated rings. The van der Waals surface area contributed by atoms with E-state index in [0.717, 1.165) is 27.0 Å². The van der Waals surface area contributed by atoms with E-state index < -0.39 is 0 Å². The average Bonchev–Trinajstić information content (AvgIpc) is 2.86. The maximum absolute atomic E-state index is 6.03. The van der Waals surface area contributed by atoms with Crippen molar-refractivity contribution in [2.75, 3.05) is 7.11 Å². The summed E-state index contributed by atoms with van der Waals surface area (Å²) in [5.74, 6) is 1.70. The summed E-state index contributed by atoms with van der Waals surface area (Å²) < 4.78 is 8.27. The first-order chi connectivity index (χ1) is 10.2. The fourth-order valence-electron chi connectivity index (χ4n) is 2.21. The normalized spacial score (nSPS) is 11.0. The smallest absolute Gasteiger partial charge is 0.215 e. The molecule has 1 aromatic carbocycles. The fourth-order valence-corrected chi connectivity index (χ4v) is 2.82. The average molecular weight is 367 g/mol. The number of fused-ring (bicyclic) bond motifs is 1. The zero-order valence-corrected chi connectivity index (χ0v) is 13.7. The predicted molar refractivity (Wildman–Crippen MR) is 86.9 cm³/mol. The molecule has 0 aliphatic rings. The summed E-state index contributed by atoms with van der Waals surface area (Å²) in [5.41, 5.74) is 2.74. The van der Waals surface area contributed by atoms with Crippen molar-refractivity contribution in [3.63, 3.8) is 0 Å². The van der Waals surface area contributed by atoms with Crippen LogP contribution in [0.25, 0.3) is 11.2 Å². The number of imidazole rings is 1. The number of alkyl halides is 1. The highest BCUT2D eigenvalue weighted by atomic mass is 79.9. The van der Waals surface area contributed by atoms with E-state index in [-0.39, 0.29) is 0 Å². The molecule has 3 aromatic rings. The molecule has 0 bridgehead atoms. The maximum Gasteiger partial charge on any atom is 0.215 e. The number of ether oxygens (including phenoxy) is 1. The van der Waals surface area contributed by atoms with E-state index in [0.29, 0.717) is 18.3 Å². The van der Waals surface area contributed by atoms with Gasteiger partial charge in [0.1, 0.15) is 11.3 Å². The van der Waals surface area contributed by atoms with Crippen LogP contribution in [-0.2, 0) is 12.4 Å². The number of hydrogen-bond donors (Lipinski definition) is 0. The predicted octanol–water partition coefficient (Wildman–Crippen LogP) is 3.99. The Balaban J connectivity index is 2.13. The summed E-state index contributed by atoms with van der Waals surface area (Å²) in [4.78, 5) is 9.02. The van der Waals surface area contributed by atoms with E-state index in [1.54, 1.807) is 13.2 Å². The summed E-state index contributed by atoms with van der Waals surface area (Å²) in [5, 5.41) is 0. The highest BCUT2D eigenvalue weighted by Gasteiger charge is 2.13. The molecule has 21 heavy (non-hydrogen) atoms. The summed E-state index contributed by atoms with van der Waals surface area (Å²) >= 11 is 9.60. The largest absolute Gasteiger partial charge is 0.481 e. The van der Waals surface area contributed by atoms with E-state index in [4.69, 9.17) is 16.3 Å². The van der Waals surface area contributed by atoms with E-state index in [2.05, 4.69) is 32.0 Å². The second-order valence-electron chi connectivity index (χ2n) is 4.54. The van der Waals surface area contributed by atoms with Gasteiger partial charge in [0, 0.05) is 10.5 Å². The Morgan fingerprint density at radius 3 is 2.71 bits per heavy atom. The van der Waals surface area contributed by atoms with Gasteiger partial charge in [-0.1, -0.05) is 34.1 Å². The molecule has 0 saturated heterocycles. The van der Waals surface area contributed by atoms with E-state index >= 15 is 0 Å². The molecule has 2 aromatic heterocycles. The molecule has 0 radical (unpaired) electrons. The van der Waals surface area contributed by atoms with Crippen molar-refractivity contribution in [1.82, 2.24) is 14.5 Å². The van der Waals surface area contributed by atoms with Crippen LogP contribution in [0.1, 0.15) is 11.4 Å². The monoisotopic (exact) mass is 365 g/mol. The Hall–Kier alpha value is -1.59. The van der Waals surface area contributed by atoms with E-state index in [1.807, 2.05) is 28.8 Å². The van der Waals surface area contributed by atoms with Gasteiger partial charge in [-0.25, -0.2) is 4.98 Å². The third kappa shape index (κ3) is 2.76. The minimum Gasteiger partial charge on any atom is -0.481 e. The lowest BCUT2D eigenvalue weighted by Gasteiger charge is -2.09. The molecule has 4 nitrogen and oxygen atoms in total. The molecule has 3 rings (SSSR count). The van der Waals surface area contributed by atoms with Crippen molar-refractivity contribution in [3.8, 4) is 5.88 Å². The Morgan fingerprint density at radius 2 is 2.00 bits per heavy atom. The van der Waals surface area contributed by atoms with Crippen LogP contribution in [0, 0.1) is 0 Å². The van der Waals surface area contributed by atoms with Gasteiger partial charge < -0.3 is 9.30 Å². The summed E-state index contributed by atoms with van der Waals surface area (Å²) in [7, 11) is 1.60. The molecular formula is C15H13BrClN3O. The fraction of sp³-hybridized carbons (Fsp3) is 0.200. The first-order valence-electron chi connectivity index (χ1n) is 6.42. The number of benzene rings is 1. The lowest BCUT2D eigenvalue weighted by atomic mass is 10.2. The van der Waals surface area contributed by atoms with Gasteiger partial charge in [0.15, 0.2) is 5.65 Å². The van der Waals surface area contributed by atoms with Crippen molar-refractivity contribution >= 4 is 38.7 Å². The Kier molecular flexibility index (Phi) is 4.12. The lowest BCUT2D eigenvalue weighted by Crippen LogP contribution is -2.05. The summed E-state index contributed by atoms with van der Waals surface area (Å²) in [6.07, 6.45) is 0. The number of nitrogens with zero attached hydrogens (tertiary/aromatic N) is 3. The standard InChI is InChI=1S/C15H13BrClN3O/c1-21-14-7-6-12-15(19-14)20(13(8-17)18-12)9-10-4-2-3-5-11(10)16/h2-7H,8-9H2,1H3. The molecule has 2 heterocycles. The van der Waals surface area contributed by atoms with Gasteiger partial charge >= 0.3 is 0 Å². The molecular weight excluding hydrogens is 354 g/mol. The van der Waals surface area contributed by atoms with Crippen molar-refractivity contribution in [2.45, 2.75) is 12.4 Å². The van der Waals surface area contributed by atoms with Crippen LogP contribution in [0.4, 0.5) is 0 Å². The number of hydrogen-bond acceptors (Lipinski definition) is 3. The minimum atomic E-state index is 0.336. The van der Waals surface area contributed by atoms with Crippen LogP contribution in [0.3, 0.4) is 0 Å².